The molecular formula is C17H24N2O4. The molecule has 0 aromatic heterocycles. The van der Waals surface area contributed by atoms with Gasteiger partial charge in [-0.3, -0.25) is 9.59 Å². The molecule has 0 radical (unpaired) electrons. The summed E-state index contributed by atoms with van der Waals surface area (Å²) in [6.07, 6.45) is 2.20. The average molecular weight is 320 g/mol. The van der Waals surface area contributed by atoms with Crippen molar-refractivity contribution in [2.75, 3.05) is 32.2 Å². The van der Waals surface area contributed by atoms with Crippen LogP contribution in [0.2, 0.25) is 0 Å². The predicted octanol–water partition coefficient (Wildman–Crippen LogP) is 1.97. The molecule has 23 heavy (non-hydrogen) atoms. The van der Waals surface area contributed by atoms with Gasteiger partial charge < -0.3 is 19.7 Å². The zero-order chi connectivity index (χ0) is 16.8. The molecule has 1 aliphatic rings. The molecule has 2 rings (SSSR count). The number of carbonyl (C=O) groups excluding carboxylic acids is 2. The maximum atomic E-state index is 12.3. The van der Waals surface area contributed by atoms with Crippen molar-refractivity contribution in [1.82, 2.24) is 5.32 Å². The fraction of sp³-hybridized carbons (Fsp3) is 0.529. The molecule has 1 N–H and O–H groups in total. The van der Waals surface area contributed by atoms with Gasteiger partial charge in [-0.05, 0) is 18.6 Å². The van der Waals surface area contributed by atoms with E-state index in [0.717, 1.165) is 12.8 Å². The zero-order valence-corrected chi connectivity index (χ0v) is 13.9. The SMILES string of the molecule is CCCCNC(=O)[C@@H]1CC(=O)N(c2ccc(OC)cc2OC)C1. The first-order valence-corrected chi connectivity index (χ1v) is 7.90. The van der Waals surface area contributed by atoms with E-state index in [9.17, 15) is 9.59 Å². The van der Waals surface area contributed by atoms with E-state index in [2.05, 4.69) is 12.2 Å². The molecular weight excluding hydrogens is 296 g/mol. The summed E-state index contributed by atoms with van der Waals surface area (Å²) in [5.41, 5.74) is 0.669. The number of anilines is 1. The van der Waals surface area contributed by atoms with Gasteiger partial charge in [0, 0.05) is 25.6 Å². The number of ether oxygens (including phenoxy) is 2. The number of unbranched alkanes of at least 4 members (excludes halogenated alkanes) is 1. The Kier molecular flexibility index (Phi) is 5.84. The van der Waals surface area contributed by atoms with E-state index in [1.807, 2.05) is 0 Å². The highest BCUT2D eigenvalue weighted by Gasteiger charge is 2.36. The maximum Gasteiger partial charge on any atom is 0.227 e. The first kappa shape index (κ1) is 17.1. The highest BCUT2D eigenvalue weighted by atomic mass is 16.5. The Morgan fingerprint density at radius 3 is 2.78 bits per heavy atom. The molecule has 0 bridgehead atoms. The van der Waals surface area contributed by atoms with Crippen molar-refractivity contribution in [3.05, 3.63) is 18.2 Å². The van der Waals surface area contributed by atoms with Crippen LogP contribution in [0, 0.1) is 5.92 Å². The molecule has 0 saturated carbocycles. The molecule has 2 amide bonds. The summed E-state index contributed by atoms with van der Waals surface area (Å²) < 4.78 is 10.5. The van der Waals surface area contributed by atoms with Crippen LogP contribution >= 0.6 is 0 Å². The number of benzene rings is 1. The molecule has 1 heterocycles. The van der Waals surface area contributed by atoms with Crippen molar-refractivity contribution >= 4 is 17.5 Å². The summed E-state index contributed by atoms with van der Waals surface area (Å²) in [5.74, 6) is 0.785. The second-order valence-corrected chi connectivity index (χ2v) is 5.59. The van der Waals surface area contributed by atoms with Crippen molar-refractivity contribution < 1.29 is 19.1 Å². The second-order valence-electron chi connectivity index (χ2n) is 5.59. The first-order valence-electron chi connectivity index (χ1n) is 7.90. The summed E-state index contributed by atoms with van der Waals surface area (Å²) in [4.78, 5) is 26.1. The topological polar surface area (TPSA) is 67.9 Å². The number of nitrogens with one attached hydrogen (secondary N) is 1. The second kappa shape index (κ2) is 7.85. The number of hydrogen-bond acceptors (Lipinski definition) is 4. The minimum atomic E-state index is -0.314. The minimum absolute atomic E-state index is 0.0539. The lowest BCUT2D eigenvalue weighted by atomic mass is 10.1. The van der Waals surface area contributed by atoms with E-state index >= 15 is 0 Å². The van der Waals surface area contributed by atoms with Gasteiger partial charge in [0.05, 0.1) is 25.8 Å². The van der Waals surface area contributed by atoms with Gasteiger partial charge >= 0.3 is 0 Å². The molecule has 1 aromatic rings. The largest absolute Gasteiger partial charge is 0.497 e. The highest BCUT2D eigenvalue weighted by molar-refractivity contribution is 6.01. The minimum Gasteiger partial charge on any atom is -0.497 e. The van der Waals surface area contributed by atoms with Gasteiger partial charge in [0.25, 0.3) is 0 Å². The van der Waals surface area contributed by atoms with Gasteiger partial charge in [-0.15, -0.1) is 0 Å². The summed E-state index contributed by atoms with van der Waals surface area (Å²) in [6.45, 7) is 3.11. The smallest absolute Gasteiger partial charge is 0.227 e. The zero-order valence-electron chi connectivity index (χ0n) is 13.9. The number of amides is 2. The van der Waals surface area contributed by atoms with E-state index in [1.165, 1.54) is 0 Å². The molecule has 1 fully saturated rings. The molecule has 0 spiro atoms. The van der Waals surface area contributed by atoms with E-state index in [-0.39, 0.29) is 24.2 Å². The lowest BCUT2D eigenvalue weighted by Gasteiger charge is -2.20. The number of carbonyl (C=O) groups is 2. The molecule has 1 aromatic carbocycles. The van der Waals surface area contributed by atoms with E-state index in [4.69, 9.17) is 9.47 Å². The summed E-state index contributed by atoms with van der Waals surface area (Å²) in [6, 6.07) is 5.30. The van der Waals surface area contributed by atoms with E-state index in [0.29, 0.717) is 30.3 Å². The van der Waals surface area contributed by atoms with Gasteiger partial charge in [-0.1, -0.05) is 13.3 Å². The molecule has 0 unspecified atom stereocenters. The van der Waals surface area contributed by atoms with Crippen molar-refractivity contribution in [3.8, 4) is 11.5 Å². The monoisotopic (exact) mass is 320 g/mol. The van der Waals surface area contributed by atoms with Crippen LogP contribution in [0.1, 0.15) is 26.2 Å². The number of hydrogen-bond donors (Lipinski definition) is 1. The summed E-state index contributed by atoms with van der Waals surface area (Å²) >= 11 is 0. The fourth-order valence-electron chi connectivity index (χ4n) is 2.66. The molecule has 126 valence electrons. The van der Waals surface area contributed by atoms with Crippen LogP contribution in [-0.2, 0) is 9.59 Å². The quantitative estimate of drug-likeness (QED) is 0.780. The van der Waals surface area contributed by atoms with Crippen LogP contribution in [0.5, 0.6) is 11.5 Å². The van der Waals surface area contributed by atoms with E-state index in [1.54, 1.807) is 37.3 Å². The molecule has 1 atom stereocenters. The van der Waals surface area contributed by atoms with Crippen LogP contribution in [0.15, 0.2) is 18.2 Å². The van der Waals surface area contributed by atoms with Crippen molar-refractivity contribution in [1.29, 1.82) is 0 Å². The van der Waals surface area contributed by atoms with Gasteiger partial charge in [0.15, 0.2) is 0 Å². The summed E-state index contributed by atoms with van der Waals surface area (Å²) in [5, 5.41) is 2.90. The third-order valence-corrected chi connectivity index (χ3v) is 4.00. The standard InChI is InChI=1S/C17H24N2O4/c1-4-5-8-18-17(21)12-9-16(20)19(11-12)14-7-6-13(22-2)10-15(14)23-3/h6-7,10,12H,4-5,8-9,11H2,1-3H3,(H,18,21)/t12-/m1/s1. The number of rotatable bonds is 7. The lowest BCUT2D eigenvalue weighted by Crippen LogP contribution is -2.33. The Hall–Kier alpha value is -2.24. The Morgan fingerprint density at radius 1 is 1.35 bits per heavy atom. The normalized spacial score (nSPS) is 17.3. The van der Waals surface area contributed by atoms with Crippen molar-refractivity contribution in [2.24, 2.45) is 5.92 Å². The Labute approximate surface area is 136 Å². The Bertz CT molecular complexity index is 574. The predicted molar refractivity (Wildman–Crippen MR) is 87.9 cm³/mol. The third-order valence-electron chi connectivity index (χ3n) is 4.00. The fourth-order valence-corrected chi connectivity index (χ4v) is 2.66. The third kappa shape index (κ3) is 3.94. The highest BCUT2D eigenvalue weighted by Crippen LogP contribution is 2.35. The van der Waals surface area contributed by atoms with Crippen LogP contribution < -0.4 is 19.7 Å². The summed E-state index contributed by atoms with van der Waals surface area (Å²) in [7, 11) is 3.12. The Balaban J connectivity index is 2.09. The molecule has 1 saturated heterocycles. The van der Waals surface area contributed by atoms with Crippen LogP contribution in [-0.4, -0.2) is 39.1 Å². The lowest BCUT2D eigenvalue weighted by molar-refractivity contribution is -0.126. The van der Waals surface area contributed by atoms with Crippen LogP contribution in [0.25, 0.3) is 0 Å². The van der Waals surface area contributed by atoms with Gasteiger partial charge in [-0.25, -0.2) is 0 Å². The molecule has 1 aliphatic heterocycles. The molecule has 0 aliphatic carbocycles. The average Bonchev–Trinajstić information content (AvgIpc) is 2.96. The Morgan fingerprint density at radius 2 is 2.13 bits per heavy atom. The van der Waals surface area contributed by atoms with Gasteiger partial charge in [-0.2, -0.15) is 0 Å². The maximum absolute atomic E-state index is 12.3. The van der Waals surface area contributed by atoms with Crippen molar-refractivity contribution in [2.45, 2.75) is 26.2 Å². The van der Waals surface area contributed by atoms with E-state index < -0.39 is 0 Å². The first-order chi connectivity index (χ1) is 11.1. The molecule has 6 nitrogen and oxygen atoms in total. The van der Waals surface area contributed by atoms with Crippen LogP contribution in [0.4, 0.5) is 5.69 Å². The van der Waals surface area contributed by atoms with Gasteiger partial charge in [0.2, 0.25) is 11.8 Å². The number of nitrogens with zero attached hydrogens (tertiary/aromatic N) is 1. The number of methoxy groups -OCH3 is 2. The van der Waals surface area contributed by atoms with Crippen LogP contribution in [0.3, 0.4) is 0 Å². The van der Waals surface area contributed by atoms with Crippen molar-refractivity contribution in [3.63, 3.8) is 0 Å². The molecule has 6 heteroatoms. The van der Waals surface area contributed by atoms with Gasteiger partial charge in [0.1, 0.15) is 11.5 Å².